The summed E-state index contributed by atoms with van der Waals surface area (Å²) in [4.78, 5) is 20.1. The van der Waals surface area contributed by atoms with Gasteiger partial charge in [-0.15, -0.1) is 0 Å². The standard InChI is InChI=1S/C20H31NO4/c1-2-3-4-5-6-7-8-9-10-11-12-13-14-15-16-17-18-19(20(22)23)21(24)25/h12-18H,2-11H2,1H3,(H,22,23). The molecule has 0 aliphatic rings. The van der Waals surface area contributed by atoms with E-state index in [1.807, 2.05) is 12.2 Å². The topological polar surface area (TPSA) is 80.4 Å². The normalized spacial score (nSPS) is 12.6. The van der Waals surface area contributed by atoms with Crippen LogP contribution in [-0.4, -0.2) is 16.0 Å². The molecule has 0 bridgehead atoms. The first-order valence-electron chi connectivity index (χ1n) is 9.17. The molecule has 0 rings (SSSR count). The van der Waals surface area contributed by atoms with Crippen LogP contribution >= 0.6 is 0 Å². The van der Waals surface area contributed by atoms with Crippen molar-refractivity contribution in [3.8, 4) is 0 Å². The lowest BCUT2D eigenvalue weighted by Crippen LogP contribution is -2.09. The second kappa shape index (κ2) is 16.7. The molecule has 0 aliphatic heterocycles. The van der Waals surface area contributed by atoms with E-state index in [1.54, 1.807) is 12.2 Å². The van der Waals surface area contributed by atoms with E-state index in [2.05, 4.69) is 13.0 Å². The smallest absolute Gasteiger partial charge is 0.407 e. The van der Waals surface area contributed by atoms with Crippen LogP contribution < -0.4 is 0 Å². The van der Waals surface area contributed by atoms with Gasteiger partial charge in [-0.25, -0.2) is 4.79 Å². The highest BCUT2D eigenvalue weighted by molar-refractivity contribution is 5.84. The number of hydrogen-bond acceptors (Lipinski definition) is 3. The lowest BCUT2D eigenvalue weighted by molar-refractivity contribution is -0.420. The molecule has 0 aromatic heterocycles. The summed E-state index contributed by atoms with van der Waals surface area (Å²) in [7, 11) is 0. The number of unbranched alkanes of at least 4 members (excludes halogenated alkanes) is 9. The van der Waals surface area contributed by atoms with E-state index in [0.717, 1.165) is 12.5 Å². The quantitative estimate of drug-likeness (QED) is 0.133. The average molecular weight is 349 g/mol. The van der Waals surface area contributed by atoms with Crippen LogP contribution in [0.3, 0.4) is 0 Å². The van der Waals surface area contributed by atoms with Gasteiger partial charge in [-0.2, -0.15) is 0 Å². The third-order valence-corrected chi connectivity index (χ3v) is 3.72. The Hall–Kier alpha value is -2.17. The molecule has 0 unspecified atom stereocenters. The highest BCUT2D eigenvalue weighted by Gasteiger charge is 2.18. The van der Waals surface area contributed by atoms with Crippen LogP contribution in [0.25, 0.3) is 0 Å². The number of nitro groups is 1. The van der Waals surface area contributed by atoms with Gasteiger partial charge in [-0.3, -0.25) is 10.1 Å². The molecule has 5 nitrogen and oxygen atoms in total. The van der Waals surface area contributed by atoms with Crippen LogP contribution in [0, 0.1) is 10.1 Å². The third kappa shape index (κ3) is 15.1. The van der Waals surface area contributed by atoms with E-state index in [1.165, 1.54) is 63.9 Å². The first-order valence-corrected chi connectivity index (χ1v) is 9.17. The van der Waals surface area contributed by atoms with Crippen LogP contribution in [-0.2, 0) is 4.79 Å². The lowest BCUT2D eigenvalue weighted by atomic mass is 10.1. The number of nitrogens with zero attached hydrogens (tertiary/aromatic N) is 1. The summed E-state index contributed by atoms with van der Waals surface area (Å²) >= 11 is 0. The molecule has 0 atom stereocenters. The summed E-state index contributed by atoms with van der Waals surface area (Å²) in [5.74, 6) is -1.54. The van der Waals surface area contributed by atoms with Gasteiger partial charge in [0.25, 0.3) is 0 Å². The molecule has 0 aromatic rings. The highest BCUT2D eigenvalue weighted by atomic mass is 16.6. The fourth-order valence-corrected chi connectivity index (χ4v) is 2.30. The van der Waals surface area contributed by atoms with Crippen molar-refractivity contribution in [1.82, 2.24) is 0 Å². The van der Waals surface area contributed by atoms with Gasteiger partial charge in [0.2, 0.25) is 0 Å². The van der Waals surface area contributed by atoms with Gasteiger partial charge in [0.05, 0.1) is 4.92 Å². The molecule has 0 radical (unpaired) electrons. The number of hydrogen-bond donors (Lipinski definition) is 1. The third-order valence-electron chi connectivity index (χ3n) is 3.72. The van der Waals surface area contributed by atoms with E-state index in [0.29, 0.717) is 0 Å². The maximum absolute atomic E-state index is 10.6. The maximum atomic E-state index is 10.6. The monoisotopic (exact) mass is 349 g/mol. The molecule has 25 heavy (non-hydrogen) atoms. The van der Waals surface area contributed by atoms with Crippen LogP contribution in [0.2, 0.25) is 0 Å². The number of aliphatic carboxylic acids is 1. The Bertz CT molecular complexity index is 474. The number of carboxylic acids is 1. The Morgan fingerprint density at radius 2 is 1.40 bits per heavy atom. The Kier molecular flexibility index (Phi) is 15.2. The zero-order valence-electron chi connectivity index (χ0n) is 15.2. The molecule has 0 amide bonds. The minimum atomic E-state index is -1.54. The van der Waals surface area contributed by atoms with Gasteiger partial charge in [0.15, 0.2) is 0 Å². The molecule has 0 saturated heterocycles. The fourth-order valence-electron chi connectivity index (χ4n) is 2.30. The van der Waals surface area contributed by atoms with Crippen molar-refractivity contribution >= 4 is 5.97 Å². The predicted octanol–water partition coefficient (Wildman–Crippen LogP) is 5.82. The average Bonchev–Trinajstić information content (AvgIpc) is 2.57. The van der Waals surface area contributed by atoms with Crippen molar-refractivity contribution in [3.63, 3.8) is 0 Å². The first-order chi connectivity index (χ1) is 12.1. The zero-order chi connectivity index (χ0) is 18.8. The van der Waals surface area contributed by atoms with Crippen molar-refractivity contribution < 1.29 is 14.8 Å². The van der Waals surface area contributed by atoms with Gasteiger partial charge >= 0.3 is 11.7 Å². The van der Waals surface area contributed by atoms with Crippen molar-refractivity contribution in [2.24, 2.45) is 0 Å². The predicted molar refractivity (Wildman–Crippen MR) is 102 cm³/mol. The number of carboxylic acid groups (broad SMARTS) is 1. The molecular formula is C20H31NO4. The van der Waals surface area contributed by atoms with Gasteiger partial charge in [-0.1, -0.05) is 94.7 Å². The summed E-state index contributed by atoms with van der Waals surface area (Å²) in [6.45, 7) is 2.24. The van der Waals surface area contributed by atoms with Crippen molar-refractivity contribution in [2.75, 3.05) is 0 Å². The summed E-state index contributed by atoms with van der Waals surface area (Å²) in [5.41, 5.74) is -0.842. The maximum Gasteiger partial charge on any atom is 0.407 e. The van der Waals surface area contributed by atoms with E-state index in [-0.39, 0.29) is 0 Å². The summed E-state index contributed by atoms with van der Waals surface area (Å²) in [6, 6.07) is 0. The van der Waals surface area contributed by atoms with E-state index in [9.17, 15) is 14.9 Å². The second-order valence-electron chi connectivity index (χ2n) is 5.93. The van der Waals surface area contributed by atoms with Gasteiger partial charge in [0, 0.05) is 6.08 Å². The number of carbonyl (C=O) groups is 1. The minimum Gasteiger partial charge on any atom is -0.473 e. The van der Waals surface area contributed by atoms with Gasteiger partial charge in [-0.05, 0) is 12.8 Å². The Balaban J connectivity index is 3.70. The van der Waals surface area contributed by atoms with E-state index >= 15 is 0 Å². The Morgan fingerprint density at radius 1 is 0.880 bits per heavy atom. The molecule has 0 spiro atoms. The van der Waals surface area contributed by atoms with Gasteiger partial charge < -0.3 is 5.11 Å². The van der Waals surface area contributed by atoms with Crippen LogP contribution in [0.15, 0.2) is 48.2 Å². The molecule has 0 aliphatic carbocycles. The number of rotatable bonds is 15. The summed E-state index contributed by atoms with van der Waals surface area (Å²) in [6.07, 6.45) is 24.4. The van der Waals surface area contributed by atoms with E-state index in [4.69, 9.17) is 5.11 Å². The Morgan fingerprint density at radius 3 is 1.96 bits per heavy atom. The minimum absolute atomic E-state index is 0.842. The van der Waals surface area contributed by atoms with Gasteiger partial charge in [0.1, 0.15) is 0 Å². The van der Waals surface area contributed by atoms with Crippen molar-refractivity contribution in [3.05, 3.63) is 58.3 Å². The molecule has 1 N–H and O–H groups in total. The van der Waals surface area contributed by atoms with Crippen LogP contribution in [0.1, 0.15) is 71.1 Å². The first kappa shape index (κ1) is 22.8. The fraction of sp³-hybridized carbons (Fsp3) is 0.550. The van der Waals surface area contributed by atoms with E-state index < -0.39 is 16.6 Å². The highest BCUT2D eigenvalue weighted by Crippen LogP contribution is 2.10. The van der Waals surface area contributed by atoms with Crippen LogP contribution in [0.4, 0.5) is 0 Å². The molecular weight excluding hydrogens is 318 g/mol. The SMILES string of the molecule is CCCCCCCCCCCC=CC=CC=CC=C(C(=O)O)[N+](=O)[O-]. The second-order valence-corrected chi connectivity index (χ2v) is 5.93. The van der Waals surface area contributed by atoms with Crippen molar-refractivity contribution in [1.29, 1.82) is 0 Å². The molecule has 140 valence electrons. The van der Waals surface area contributed by atoms with Crippen molar-refractivity contribution in [2.45, 2.75) is 71.1 Å². The Labute approximate surface area is 151 Å². The molecule has 5 heteroatoms. The molecule has 0 saturated carbocycles. The largest absolute Gasteiger partial charge is 0.473 e. The summed E-state index contributed by atoms with van der Waals surface area (Å²) in [5, 5.41) is 19.0. The zero-order valence-corrected chi connectivity index (χ0v) is 15.2. The molecule has 0 heterocycles. The summed E-state index contributed by atoms with van der Waals surface area (Å²) < 4.78 is 0. The molecule has 0 aromatic carbocycles. The van der Waals surface area contributed by atoms with Crippen LogP contribution in [0.5, 0.6) is 0 Å². The molecule has 0 fully saturated rings. The number of allylic oxidation sites excluding steroid dienone is 7. The lowest BCUT2D eigenvalue weighted by Gasteiger charge is -2.00.